The van der Waals surface area contributed by atoms with Crippen LogP contribution >= 0.6 is 11.6 Å². The molecule has 0 saturated heterocycles. The van der Waals surface area contributed by atoms with Crippen LogP contribution in [0.2, 0.25) is 5.02 Å². The Kier molecular flexibility index (Phi) is 7.72. The number of rotatable bonds is 9. The highest BCUT2D eigenvalue weighted by Gasteiger charge is 2.26. The first-order valence-corrected chi connectivity index (χ1v) is 10.7. The topological polar surface area (TPSA) is 110 Å². The summed E-state index contributed by atoms with van der Waals surface area (Å²) < 4.78 is 26.1. The molecule has 156 valence electrons. The highest BCUT2D eigenvalue weighted by atomic mass is 35.5. The fourth-order valence-electron chi connectivity index (χ4n) is 2.68. The number of sulfonamides is 1. The van der Waals surface area contributed by atoms with Crippen LogP contribution < -0.4 is 5.32 Å². The molecule has 0 radical (unpaired) electrons. The SMILES string of the molecule is C[C@H](CCc1ccccc1)NC(=O)CN(C)S(=O)(=O)c1ccc(Cl)c([N+](=O)[O-])c1. The monoisotopic (exact) mass is 439 g/mol. The fourth-order valence-corrected chi connectivity index (χ4v) is 4.01. The molecule has 0 unspecified atom stereocenters. The molecule has 0 aromatic heterocycles. The van der Waals surface area contributed by atoms with Crippen LogP contribution in [0.25, 0.3) is 0 Å². The molecular formula is C19H22ClN3O5S. The minimum atomic E-state index is -4.09. The van der Waals surface area contributed by atoms with E-state index in [0.717, 1.165) is 28.4 Å². The average molecular weight is 440 g/mol. The van der Waals surface area contributed by atoms with Gasteiger partial charge in [0.05, 0.1) is 16.4 Å². The minimum Gasteiger partial charge on any atom is -0.352 e. The summed E-state index contributed by atoms with van der Waals surface area (Å²) in [6.45, 7) is 1.44. The Morgan fingerprint density at radius 2 is 1.90 bits per heavy atom. The number of aryl methyl sites for hydroxylation is 1. The Morgan fingerprint density at radius 3 is 2.52 bits per heavy atom. The molecule has 0 spiro atoms. The first-order valence-electron chi connectivity index (χ1n) is 8.85. The zero-order valence-electron chi connectivity index (χ0n) is 16.0. The molecule has 0 aliphatic heterocycles. The predicted molar refractivity (Wildman–Crippen MR) is 110 cm³/mol. The summed E-state index contributed by atoms with van der Waals surface area (Å²) in [5.41, 5.74) is 0.637. The third-order valence-corrected chi connectivity index (χ3v) is 6.42. The third kappa shape index (κ3) is 6.25. The molecule has 0 saturated carbocycles. The molecule has 29 heavy (non-hydrogen) atoms. The fraction of sp³-hybridized carbons (Fsp3) is 0.316. The first kappa shape index (κ1) is 22.8. The number of halogens is 1. The molecule has 1 N–H and O–H groups in total. The van der Waals surface area contributed by atoms with Gasteiger partial charge in [0.25, 0.3) is 5.69 Å². The van der Waals surface area contributed by atoms with Crippen molar-refractivity contribution < 1.29 is 18.1 Å². The summed E-state index contributed by atoms with van der Waals surface area (Å²) in [5, 5.41) is 13.6. The van der Waals surface area contributed by atoms with E-state index in [1.165, 1.54) is 13.1 Å². The second-order valence-electron chi connectivity index (χ2n) is 6.62. The number of hydrogen-bond acceptors (Lipinski definition) is 5. The van der Waals surface area contributed by atoms with Crippen LogP contribution in [0.15, 0.2) is 53.4 Å². The lowest BCUT2D eigenvalue weighted by Gasteiger charge is -2.19. The van der Waals surface area contributed by atoms with Gasteiger partial charge in [-0.1, -0.05) is 41.9 Å². The number of likely N-dealkylation sites (N-methyl/N-ethyl adjacent to an activating group) is 1. The summed E-state index contributed by atoms with van der Waals surface area (Å²) in [5.74, 6) is -0.458. The van der Waals surface area contributed by atoms with Gasteiger partial charge in [0, 0.05) is 19.2 Å². The van der Waals surface area contributed by atoms with Crippen LogP contribution in [0.1, 0.15) is 18.9 Å². The van der Waals surface area contributed by atoms with Crippen LogP contribution in [0.3, 0.4) is 0 Å². The molecule has 2 rings (SSSR count). The lowest BCUT2D eigenvalue weighted by molar-refractivity contribution is -0.384. The van der Waals surface area contributed by atoms with E-state index < -0.39 is 33.1 Å². The van der Waals surface area contributed by atoms with Crippen molar-refractivity contribution in [1.29, 1.82) is 0 Å². The van der Waals surface area contributed by atoms with E-state index >= 15 is 0 Å². The van der Waals surface area contributed by atoms with Gasteiger partial charge in [0.2, 0.25) is 15.9 Å². The Bertz CT molecular complexity index is 983. The predicted octanol–water partition coefficient (Wildman–Crippen LogP) is 3.01. The van der Waals surface area contributed by atoms with E-state index in [-0.39, 0.29) is 16.0 Å². The summed E-state index contributed by atoms with van der Waals surface area (Å²) in [6.07, 6.45) is 1.49. The van der Waals surface area contributed by atoms with Crippen molar-refractivity contribution in [3.05, 3.63) is 69.2 Å². The van der Waals surface area contributed by atoms with E-state index in [4.69, 9.17) is 11.6 Å². The normalized spacial score (nSPS) is 12.6. The number of benzene rings is 2. The van der Waals surface area contributed by atoms with Crippen LogP contribution in [-0.2, 0) is 21.2 Å². The lowest BCUT2D eigenvalue weighted by Crippen LogP contribution is -2.41. The summed E-state index contributed by atoms with van der Waals surface area (Å²) >= 11 is 5.72. The molecule has 0 aliphatic rings. The standard InChI is InChI=1S/C19H22ClN3O5S/c1-14(8-9-15-6-4-3-5-7-15)21-19(24)13-22(2)29(27,28)16-10-11-17(20)18(12-16)23(25)26/h3-7,10-12,14H,8-9,13H2,1-2H3,(H,21,24)/t14-/m1/s1. The van der Waals surface area contributed by atoms with Crippen LogP contribution in [0.5, 0.6) is 0 Å². The summed E-state index contributed by atoms with van der Waals surface area (Å²) in [7, 11) is -2.85. The van der Waals surface area contributed by atoms with E-state index in [9.17, 15) is 23.3 Å². The quantitative estimate of drug-likeness (QED) is 0.477. The van der Waals surface area contributed by atoms with Crippen molar-refractivity contribution in [3.63, 3.8) is 0 Å². The van der Waals surface area contributed by atoms with Gasteiger partial charge in [-0.2, -0.15) is 4.31 Å². The smallest absolute Gasteiger partial charge is 0.289 e. The number of amides is 1. The maximum Gasteiger partial charge on any atom is 0.289 e. The second-order valence-corrected chi connectivity index (χ2v) is 9.08. The first-order chi connectivity index (χ1) is 13.6. The van der Waals surface area contributed by atoms with Crippen molar-refractivity contribution in [2.45, 2.75) is 30.7 Å². The van der Waals surface area contributed by atoms with Gasteiger partial charge in [-0.3, -0.25) is 14.9 Å². The van der Waals surface area contributed by atoms with Crippen molar-refractivity contribution >= 4 is 33.2 Å². The molecule has 1 amide bonds. The number of nitro groups is 1. The van der Waals surface area contributed by atoms with Gasteiger partial charge in [0.15, 0.2) is 0 Å². The zero-order valence-corrected chi connectivity index (χ0v) is 17.6. The van der Waals surface area contributed by atoms with Gasteiger partial charge >= 0.3 is 0 Å². The molecule has 10 heteroatoms. The molecule has 0 heterocycles. The van der Waals surface area contributed by atoms with Crippen molar-refractivity contribution in [2.75, 3.05) is 13.6 Å². The maximum atomic E-state index is 12.6. The number of carbonyl (C=O) groups excluding carboxylic acids is 1. The number of nitrogens with one attached hydrogen (secondary N) is 1. The zero-order chi connectivity index (χ0) is 21.6. The molecule has 0 bridgehead atoms. The number of nitrogens with zero attached hydrogens (tertiary/aromatic N) is 2. The van der Waals surface area contributed by atoms with Crippen LogP contribution in [-0.4, -0.2) is 43.2 Å². The Morgan fingerprint density at radius 1 is 1.24 bits per heavy atom. The minimum absolute atomic E-state index is 0.143. The summed E-state index contributed by atoms with van der Waals surface area (Å²) in [4.78, 5) is 22.2. The molecule has 2 aromatic carbocycles. The van der Waals surface area contributed by atoms with Gasteiger partial charge in [0.1, 0.15) is 5.02 Å². The van der Waals surface area contributed by atoms with E-state index in [2.05, 4.69) is 5.32 Å². The van der Waals surface area contributed by atoms with Gasteiger partial charge in [-0.25, -0.2) is 8.42 Å². The highest BCUT2D eigenvalue weighted by molar-refractivity contribution is 7.89. The van der Waals surface area contributed by atoms with Gasteiger partial charge in [-0.05, 0) is 37.5 Å². The van der Waals surface area contributed by atoms with E-state index in [1.807, 2.05) is 37.3 Å². The van der Waals surface area contributed by atoms with Crippen LogP contribution in [0, 0.1) is 10.1 Å². The Hall–Kier alpha value is -2.49. The third-order valence-electron chi connectivity index (χ3n) is 4.30. The number of hydrogen-bond donors (Lipinski definition) is 1. The molecule has 8 nitrogen and oxygen atoms in total. The highest BCUT2D eigenvalue weighted by Crippen LogP contribution is 2.28. The maximum absolute atomic E-state index is 12.6. The molecule has 1 atom stereocenters. The second kappa shape index (κ2) is 9.82. The van der Waals surface area contributed by atoms with Gasteiger partial charge in [-0.15, -0.1) is 0 Å². The van der Waals surface area contributed by atoms with E-state index in [0.29, 0.717) is 6.42 Å². The number of nitro benzene ring substituents is 1. The van der Waals surface area contributed by atoms with Crippen LogP contribution in [0.4, 0.5) is 5.69 Å². The average Bonchev–Trinajstić information content (AvgIpc) is 2.67. The molecular weight excluding hydrogens is 418 g/mol. The Labute approximate surface area is 174 Å². The van der Waals surface area contributed by atoms with Crippen molar-refractivity contribution in [3.8, 4) is 0 Å². The molecule has 0 fully saturated rings. The largest absolute Gasteiger partial charge is 0.352 e. The molecule has 2 aromatic rings. The van der Waals surface area contributed by atoms with Crippen molar-refractivity contribution in [1.82, 2.24) is 9.62 Å². The van der Waals surface area contributed by atoms with Gasteiger partial charge < -0.3 is 5.32 Å². The van der Waals surface area contributed by atoms with E-state index in [1.54, 1.807) is 0 Å². The lowest BCUT2D eigenvalue weighted by atomic mass is 10.1. The summed E-state index contributed by atoms with van der Waals surface area (Å²) in [6, 6.07) is 12.9. The Balaban J connectivity index is 1.97. The number of carbonyl (C=O) groups is 1. The van der Waals surface area contributed by atoms with Crippen molar-refractivity contribution in [2.24, 2.45) is 0 Å². The molecule has 0 aliphatic carbocycles.